The summed E-state index contributed by atoms with van der Waals surface area (Å²) in [5.41, 5.74) is 5.49. The molecule has 3 aromatic carbocycles. The number of benzene rings is 3. The van der Waals surface area contributed by atoms with Crippen molar-refractivity contribution in [2.24, 2.45) is 11.8 Å². The molecule has 4 aliphatic rings. The minimum Gasteiger partial charge on any atom is -0.496 e. The van der Waals surface area contributed by atoms with E-state index in [0.717, 1.165) is 17.6 Å². The molecule has 0 aromatic heterocycles. The molecule has 7 rings (SSSR count). The highest BCUT2D eigenvalue weighted by Gasteiger charge is 2.43. The molecular formula is C37H46N2O2. The Morgan fingerprint density at radius 1 is 0.805 bits per heavy atom. The average molecular weight is 551 g/mol. The van der Waals surface area contributed by atoms with Crippen LogP contribution >= 0.6 is 0 Å². The molecule has 5 atom stereocenters. The van der Waals surface area contributed by atoms with Crippen LogP contribution in [0.5, 0.6) is 5.75 Å². The van der Waals surface area contributed by atoms with Crippen molar-refractivity contribution in [1.29, 1.82) is 0 Å². The number of methoxy groups -OCH3 is 1. The topological polar surface area (TPSA) is 24.9 Å². The predicted octanol–water partition coefficient (Wildman–Crippen LogP) is 6.92. The zero-order chi connectivity index (χ0) is 27.8. The van der Waals surface area contributed by atoms with Gasteiger partial charge in [-0.1, -0.05) is 72.8 Å². The van der Waals surface area contributed by atoms with Crippen LogP contribution in [0.25, 0.3) is 0 Å². The lowest BCUT2D eigenvalue weighted by molar-refractivity contribution is -0.0501. The first-order valence-corrected chi connectivity index (χ1v) is 16.0. The van der Waals surface area contributed by atoms with Crippen molar-refractivity contribution >= 4 is 0 Å². The Labute approximate surface area is 246 Å². The SMILES string of the molecule is COc1cccc2c1C[C@H]1C[C@@H](CCN3C4CCC3CC(OC(c3ccccc3)c3ccccc3)C4)CN(C)[C@@H]1C2. The Balaban J connectivity index is 0.976. The zero-order valence-electron chi connectivity index (χ0n) is 24.8. The van der Waals surface area contributed by atoms with E-state index < -0.39 is 0 Å². The van der Waals surface area contributed by atoms with Crippen molar-refractivity contribution < 1.29 is 9.47 Å². The first kappa shape index (κ1) is 27.2. The van der Waals surface area contributed by atoms with Gasteiger partial charge in [-0.2, -0.15) is 0 Å². The van der Waals surface area contributed by atoms with Crippen molar-refractivity contribution in [3.63, 3.8) is 0 Å². The number of ether oxygens (including phenoxy) is 2. The monoisotopic (exact) mass is 550 g/mol. The Kier molecular flexibility index (Phi) is 7.90. The third-order valence-corrected chi connectivity index (χ3v) is 10.8. The second-order valence-electron chi connectivity index (χ2n) is 13.2. The van der Waals surface area contributed by atoms with E-state index in [1.165, 1.54) is 86.7 Å². The lowest BCUT2D eigenvalue weighted by Gasteiger charge is -2.47. The van der Waals surface area contributed by atoms with E-state index in [9.17, 15) is 0 Å². The molecule has 3 fully saturated rings. The van der Waals surface area contributed by atoms with Crippen LogP contribution in [0.2, 0.25) is 0 Å². The summed E-state index contributed by atoms with van der Waals surface area (Å²) in [5.74, 6) is 2.62. The third-order valence-electron chi connectivity index (χ3n) is 10.8. The maximum Gasteiger partial charge on any atom is 0.122 e. The molecule has 0 radical (unpaired) electrons. The number of piperidine rings is 2. The van der Waals surface area contributed by atoms with Gasteiger partial charge in [-0.15, -0.1) is 0 Å². The number of fused-ring (bicyclic) bond motifs is 4. The molecule has 1 aliphatic carbocycles. The maximum atomic E-state index is 6.96. The van der Waals surface area contributed by atoms with Crippen LogP contribution in [0.15, 0.2) is 78.9 Å². The maximum absolute atomic E-state index is 6.96. The summed E-state index contributed by atoms with van der Waals surface area (Å²) in [7, 11) is 4.20. The molecule has 0 saturated carbocycles. The first-order valence-electron chi connectivity index (χ1n) is 16.0. The molecule has 3 heterocycles. The molecule has 3 saturated heterocycles. The fraction of sp³-hybridized carbons (Fsp3) is 0.514. The number of nitrogens with zero attached hydrogens (tertiary/aromatic N) is 2. The largest absolute Gasteiger partial charge is 0.496 e. The normalized spacial score (nSPS) is 29.7. The molecule has 3 aromatic rings. The Hall–Kier alpha value is -2.66. The predicted molar refractivity (Wildman–Crippen MR) is 165 cm³/mol. The molecule has 216 valence electrons. The van der Waals surface area contributed by atoms with Gasteiger partial charge in [-0.3, -0.25) is 4.90 Å². The van der Waals surface area contributed by atoms with Crippen LogP contribution < -0.4 is 4.74 Å². The Morgan fingerprint density at radius 2 is 1.49 bits per heavy atom. The molecule has 0 amide bonds. The Bertz CT molecular complexity index is 1240. The van der Waals surface area contributed by atoms with Crippen LogP contribution in [-0.4, -0.2) is 61.3 Å². The van der Waals surface area contributed by atoms with E-state index in [1.807, 2.05) is 7.11 Å². The average Bonchev–Trinajstić information content (AvgIpc) is 3.25. The van der Waals surface area contributed by atoms with Gasteiger partial charge in [0, 0.05) is 24.7 Å². The zero-order valence-corrected chi connectivity index (χ0v) is 24.8. The molecule has 2 bridgehead atoms. The Morgan fingerprint density at radius 3 is 2.15 bits per heavy atom. The highest BCUT2D eigenvalue weighted by Crippen LogP contribution is 2.43. The second kappa shape index (κ2) is 11.9. The van der Waals surface area contributed by atoms with Crippen molar-refractivity contribution in [3.8, 4) is 5.75 Å². The smallest absolute Gasteiger partial charge is 0.122 e. The summed E-state index contributed by atoms with van der Waals surface area (Å²) in [6.07, 6.45) is 10.4. The van der Waals surface area contributed by atoms with E-state index in [4.69, 9.17) is 9.47 Å². The minimum absolute atomic E-state index is 0.0123. The van der Waals surface area contributed by atoms with Gasteiger partial charge in [0.2, 0.25) is 0 Å². The van der Waals surface area contributed by atoms with Gasteiger partial charge in [-0.05, 0) is 105 Å². The van der Waals surface area contributed by atoms with E-state index in [-0.39, 0.29) is 6.10 Å². The third kappa shape index (κ3) is 5.59. The molecule has 4 nitrogen and oxygen atoms in total. The van der Waals surface area contributed by atoms with Gasteiger partial charge in [0.1, 0.15) is 11.9 Å². The van der Waals surface area contributed by atoms with Crippen molar-refractivity contribution in [2.75, 3.05) is 27.2 Å². The fourth-order valence-corrected chi connectivity index (χ4v) is 8.86. The van der Waals surface area contributed by atoms with Crippen LogP contribution in [0.4, 0.5) is 0 Å². The van der Waals surface area contributed by atoms with Gasteiger partial charge in [0.25, 0.3) is 0 Å². The summed E-state index contributed by atoms with van der Waals surface area (Å²) in [6.45, 7) is 2.49. The van der Waals surface area contributed by atoms with Crippen molar-refractivity contribution in [2.45, 2.75) is 81.7 Å². The van der Waals surface area contributed by atoms with E-state index >= 15 is 0 Å². The van der Waals surface area contributed by atoms with Crippen LogP contribution in [-0.2, 0) is 17.6 Å². The van der Waals surface area contributed by atoms with E-state index in [2.05, 4.69) is 95.7 Å². The molecular weight excluding hydrogens is 504 g/mol. The van der Waals surface area contributed by atoms with Gasteiger partial charge < -0.3 is 14.4 Å². The van der Waals surface area contributed by atoms with Crippen LogP contribution in [0.1, 0.15) is 66.9 Å². The number of rotatable bonds is 8. The van der Waals surface area contributed by atoms with Gasteiger partial charge >= 0.3 is 0 Å². The quantitative estimate of drug-likeness (QED) is 0.304. The van der Waals surface area contributed by atoms with Crippen molar-refractivity contribution in [3.05, 3.63) is 101 Å². The molecule has 0 N–H and O–H groups in total. The summed E-state index contributed by atoms with van der Waals surface area (Å²) < 4.78 is 12.7. The summed E-state index contributed by atoms with van der Waals surface area (Å²) in [4.78, 5) is 5.56. The van der Waals surface area contributed by atoms with Gasteiger partial charge in [0.05, 0.1) is 13.2 Å². The van der Waals surface area contributed by atoms with E-state index in [1.54, 1.807) is 0 Å². The number of likely N-dealkylation sites (tertiary alicyclic amines) is 1. The van der Waals surface area contributed by atoms with E-state index in [0.29, 0.717) is 24.2 Å². The van der Waals surface area contributed by atoms with Crippen LogP contribution in [0.3, 0.4) is 0 Å². The highest BCUT2D eigenvalue weighted by molar-refractivity contribution is 5.43. The molecule has 41 heavy (non-hydrogen) atoms. The summed E-state index contributed by atoms with van der Waals surface area (Å²) in [6, 6.07) is 30.2. The lowest BCUT2D eigenvalue weighted by atomic mass is 9.72. The molecule has 0 spiro atoms. The van der Waals surface area contributed by atoms with Gasteiger partial charge in [-0.25, -0.2) is 0 Å². The second-order valence-corrected chi connectivity index (χ2v) is 13.2. The molecule has 3 aliphatic heterocycles. The number of likely N-dealkylation sites (N-methyl/N-ethyl adjacent to an activating group) is 1. The number of hydrogen-bond donors (Lipinski definition) is 0. The van der Waals surface area contributed by atoms with Crippen molar-refractivity contribution in [1.82, 2.24) is 9.80 Å². The number of hydrogen-bond acceptors (Lipinski definition) is 4. The first-order chi connectivity index (χ1) is 20.2. The molecule has 4 heteroatoms. The summed E-state index contributed by atoms with van der Waals surface area (Å²) in [5, 5.41) is 0. The fourth-order valence-electron chi connectivity index (χ4n) is 8.86. The summed E-state index contributed by atoms with van der Waals surface area (Å²) >= 11 is 0. The van der Waals surface area contributed by atoms with Gasteiger partial charge in [0.15, 0.2) is 0 Å². The minimum atomic E-state index is 0.0123. The highest BCUT2D eigenvalue weighted by atomic mass is 16.5. The lowest BCUT2D eigenvalue weighted by Crippen LogP contribution is -2.51. The standard InChI is InChI=1S/C37H46N2O2/c1-38-25-26(20-30-21-34-29(22-35(30)38)14-9-15-36(34)40-2)18-19-39-31-16-17-32(39)24-33(23-31)41-37(27-10-5-3-6-11-27)28-12-7-4-8-13-28/h3-15,26,30-33,35,37H,16-25H2,1-2H3/t26-,30-,31?,32?,33?,35-/m1/s1. The van der Waals surface area contributed by atoms with Crippen LogP contribution in [0, 0.1) is 11.8 Å². The molecule has 2 unspecified atom stereocenters.